The number of nitrogens with two attached hydrogens (primary N) is 2. The summed E-state index contributed by atoms with van der Waals surface area (Å²) in [5, 5.41) is 0. The predicted molar refractivity (Wildman–Crippen MR) is 101 cm³/mol. The lowest BCUT2D eigenvalue weighted by atomic mass is 9.66. The van der Waals surface area contributed by atoms with Gasteiger partial charge in [-0.1, -0.05) is 84.0 Å². The van der Waals surface area contributed by atoms with Crippen molar-refractivity contribution >= 4 is 11.9 Å². The SMILES string of the molecule is CCCCCCCCCCC1CCCCCCC1(C(=O)ON)C(=O)ON. The van der Waals surface area contributed by atoms with Gasteiger partial charge in [-0.15, -0.1) is 0 Å². The van der Waals surface area contributed by atoms with Gasteiger partial charge in [-0.2, -0.15) is 11.8 Å². The topological polar surface area (TPSA) is 105 Å². The van der Waals surface area contributed by atoms with Crippen LogP contribution in [0.5, 0.6) is 0 Å². The van der Waals surface area contributed by atoms with Crippen LogP contribution in [0, 0.1) is 11.3 Å². The Labute approximate surface area is 158 Å². The third-order valence-corrected chi connectivity index (χ3v) is 5.92. The van der Waals surface area contributed by atoms with E-state index in [0.717, 1.165) is 51.4 Å². The smallest absolute Gasteiger partial charge is 0.342 e. The van der Waals surface area contributed by atoms with E-state index >= 15 is 0 Å². The van der Waals surface area contributed by atoms with Gasteiger partial charge < -0.3 is 9.68 Å². The Morgan fingerprint density at radius 2 is 1.38 bits per heavy atom. The molecular formula is C20H38N2O4. The number of hydrogen-bond donors (Lipinski definition) is 2. The maximum atomic E-state index is 12.5. The number of rotatable bonds is 11. The molecule has 1 aliphatic carbocycles. The summed E-state index contributed by atoms with van der Waals surface area (Å²) in [5.41, 5.74) is -1.34. The first-order valence-corrected chi connectivity index (χ1v) is 10.5. The van der Waals surface area contributed by atoms with Crippen molar-refractivity contribution in [1.29, 1.82) is 0 Å². The minimum Gasteiger partial charge on any atom is -0.372 e. The van der Waals surface area contributed by atoms with Gasteiger partial charge in [-0.3, -0.25) is 0 Å². The second kappa shape index (κ2) is 13.1. The normalized spacial score (nSPS) is 20.0. The van der Waals surface area contributed by atoms with Crippen molar-refractivity contribution in [2.45, 2.75) is 103 Å². The summed E-state index contributed by atoms with van der Waals surface area (Å²) in [6.07, 6.45) is 15.7. The quantitative estimate of drug-likeness (QED) is 0.319. The van der Waals surface area contributed by atoms with Crippen molar-refractivity contribution in [3.63, 3.8) is 0 Å². The van der Waals surface area contributed by atoms with Crippen molar-refractivity contribution in [2.75, 3.05) is 0 Å². The zero-order valence-electron chi connectivity index (χ0n) is 16.5. The summed E-state index contributed by atoms with van der Waals surface area (Å²) in [5.74, 6) is 8.83. The van der Waals surface area contributed by atoms with Crippen LogP contribution >= 0.6 is 0 Å². The van der Waals surface area contributed by atoms with Gasteiger partial charge in [-0.25, -0.2) is 9.59 Å². The van der Waals surface area contributed by atoms with Crippen LogP contribution in [-0.2, 0) is 19.3 Å². The zero-order valence-corrected chi connectivity index (χ0v) is 16.5. The van der Waals surface area contributed by atoms with E-state index in [1.165, 1.54) is 38.5 Å². The van der Waals surface area contributed by atoms with E-state index in [4.69, 9.17) is 11.8 Å². The number of hydrogen-bond acceptors (Lipinski definition) is 6. The molecule has 0 spiro atoms. The molecule has 0 saturated heterocycles. The molecule has 6 heteroatoms. The number of unbranched alkanes of at least 4 members (excludes halogenated alkanes) is 7. The van der Waals surface area contributed by atoms with E-state index in [0.29, 0.717) is 6.42 Å². The van der Waals surface area contributed by atoms with Gasteiger partial charge in [0.15, 0.2) is 5.41 Å². The lowest BCUT2D eigenvalue weighted by Crippen LogP contribution is -2.49. The van der Waals surface area contributed by atoms with Gasteiger partial charge in [0, 0.05) is 0 Å². The Kier molecular flexibility index (Phi) is 11.5. The standard InChI is InChI=1S/C20H38N2O4/c1-2-3-4-5-6-7-8-11-14-17-15-12-9-10-13-16-20(17,18(23)25-21)19(24)26-22/h17H,2-16,21-22H2,1H3. The summed E-state index contributed by atoms with van der Waals surface area (Å²) in [4.78, 5) is 34.1. The van der Waals surface area contributed by atoms with E-state index in [2.05, 4.69) is 16.6 Å². The second-order valence-corrected chi connectivity index (χ2v) is 7.70. The lowest BCUT2D eigenvalue weighted by Gasteiger charge is -2.36. The van der Waals surface area contributed by atoms with Crippen molar-refractivity contribution < 1.29 is 19.3 Å². The Morgan fingerprint density at radius 1 is 0.846 bits per heavy atom. The van der Waals surface area contributed by atoms with Crippen LogP contribution in [0.2, 0.25) is 0 Å². The Morgan fingerprint density at radius 3 is 1.96 bits per heavy atom. The minimum atomic E-state index is -1.34. The fourth-order valence-electron chi connectivity index (χ4n) is 4.35. The molecular weight excluding hydrogens is 332 g/mol. The molecule has 1 atom stereocenters. The predicted octanol–water partition coefficient (Wildman–Crippen LogP) is 4.31. The third kappa shape index (κ3) is 6.54. The largest absolute Gasteiger partial charge is 0.372 e. The summed E-state index contributed by atoms with van der Waals surface area (Å²) >= 11 is 0. The maximum Gasteiger partial charge on any atom is 0.342 e. The van der Waals surface area contributed by atoms with E-state index in [1.807, 2.05) is 0 Å². The Hall–Kier alpha value is -1.14. The molecule has 1 fully saturated rings. The molecule has 0 amide bonds. The molecule has 152 valence electrons. The van der Waals surface area contributed by atoms with Crippen molar-refractivity contribution in [2.24, 2.45) is 23.1 Å². The molecule has 1 saturated carbocycles. The van der Waals surface area contributed by atoms with Crippen molar-refractivity contribution in [1.82, 2.24) is 0 Å². The third-order valence-electron chi connectivity index (χ3n) is 5.92. The summed E-state index contributed by atoms with van der Waals surface area (Å²) in [6.45, 7) is 2.22. The molecule has 0 aromatic heterocycles. The van der Waals surface area contributed by atoms with Crippen LogP contribution in [0.25, 0.3) is 0 Å². The molecule has 1 unspecified atom stereocenters. The molecule has 0 bridgehead atoms. The van der Waals surface area contributed by atoms with Crippen molar-refractivity contribution in [3.05, 3.63) is 0 Å². The first kappa shape index (κ1) is 22.9. The van der Waals surface area contributed by atoms with E-state index < -0.39 is 17.4 Å². The first-order valence-electron chi connectivity index (χ1n) is 10.5. The van der Waals surface area contributed by atoms with E-state index in [1.54, 1.807) is 0 Å². The lowest BCUT2D eigenvalue weighted by molar-refractivity contribution is -0.180. The first-order chi connectivity index (χ1) is 12.6. The minimum absolute atomic E-state index is 0.116. The molecule has 0 aromatic carbocycles. The fourth-order valence-corrected chi connectivity index (χ4v) is 4.35. The van der Waals surface area contributed by atoms with Crippen molar-refractivity contribution in [3.8, 4) is 0 Å². The van der Waals surface area contributed by atoms with Crippen LogP contribution in [0.15, 0.2) is 0 Å². The summed E-state index contributed by atoms with van der Waals surface area (Å²) in [7, 11) is 0. The van der Waals surface area contributed by atoms with Crippen LogP contribution in [-0.4, -0.2) is 11.9 Å². The molecule has 0 radical (unpaired) electrons. The highest BCUT2D eigenvalue weighted by Crippen LogP contribution is 2.43. The van der Waals surface area contributed by atoms with Gasteiger partial charge in [0.25, 0.3) is 0 Å². The second-order valence-electron chi connectivity index (χ2n) is 7.70. The summed E-state index contributed by atoms with van der Waals surface area (Å²) in [6, 6.07) is 0. The molecule has 6 nitrogen and oxygen atoms in total. The highest BCUT2D eigenvalue weighted by Gasteiger charge is 2.54. The number of carbonyl (C=O) groups excluding carboxylic acids is 2. The molecule has 0 aliphatic heterocycles. The Bertz CT molecular complexity index is 399. The molecule has 1 rings (SSSR count). The molecule has 0 aromatic rings. The average Bonchev–Trinajstić information content (AvgIpc) is 2.64. The molecule has 1 aliphatic rings. The number of carbonyl (C=O) groups is 2. The van der Waals surface area contributed by atoms with Gasteiger partial charge in [0.1, 0.15) is 0 Å². The monoisotopic (exact) mass is 370 g/mol. The van der Waals surface area contributed by atoms with Crippen LogP contribution in [0.1, 0.15) is 103 Å². The molecule has 0 heterocycles. The van der Waals surface area contributed by atoms with E-state index in [9.17, 15) is 9.59 Å². The average molecular weight is 371 g/mol. The van der Waals surface area contributed by atoms with Gasteiger partial charge >= 0.3 is 11.9 Å². The Balaban J connectivity index is 2.65. The van der Waals surface area contributed by atoms with Gasteiger partial charge in [0.05, 0.1) is 0 Å². The van der Waals surface area contributed by atoms with Gasteiger partial charge in [-0.05, 0) is 25.2 Å². The maximum absolute atomic E-state index is 12.5. The van der Waals surface area contributed by atoms with E-state index in [-0.39, 0.29) is 5.92 Å². The van der Waals surface area contributed by atoms with Crippen LogP contribution in [0.4, 0.5) is 0 Å². The fraction of sp³-hybridized carbons (Fsp3) is 0.900. The highest BCUT2D eigenvalue weighted by atomic mass is 16.7. The summed E-state index contributed by atoms with van der Waals surface area (Å²) < 4.78 is 0. The van der Waals surface area contributed by atoms with Crippen LogP contribution < -0.4 is 11.8 Å². The van der Waals surface area contributed by atoms with Gasteiger partial charge in [0.2, 0.25) is 0 Å². The van der Waals surface area contributed by atoms with Crippen LogP contribution in [0.3, 0.4) is 0 Å². The zero-order chi connectivity index (χ0) is 19.3. The highest BCUT2D eigenvalue weighted by molar-refractivity contribution is 6.00. The molecule has 4 N–H and O–H groups in total. The molecule has 26 heavy (non-hydrogen) atoms.